The minimum Gasteiger partial charge on any atom is -0.334 e. The number of Topliss-reactive ketones (excluding diaryl/α,β-unsaturated/α-hetero) is 2. The molecule has 0 aromatic heterocycles. The number of carbonyl (C=O) groups excluding carboxylic acids is 2. The van der Waals surface area contributed by atoms with Crippen molar-refractivity contribution in [2.24, 2.45) is 0 Å². The van der Waals surface area contributed by atoms with E-state index in [-0.39, 0.29) is 38.5 Å². The molecule has 0 aliphatic heterocycles. The fourth-order valence-corrected chi connectivity index (χ4v) is 1.64. The van der Waals surface area contributed by atoms with Gasteiger partial charge in [-0.25, -0.2) is 0 Å². The third kappa shape index (κ3) is 7.67. The van der Waals surface area contributed by atoms with Gasteiger partial charge < -0.3 is 11.2 Å². The SMILES string of the molecule is C=C1CCC(=O)CC1.C=C1C[CH-]C(=O)CC1.[Y]. The van der Waals surface area contributed by atoms with Crippen molar-refractivity contribution in [2.45, 2.75) is 44.9 Å². The maximum absolute atomic E-state index is 10.6. The second kappa shape index (κ2) is 8.82. The van der Waals surface area contributed by atoms with E-state index in [4.69, 9.17) is 0 Å². The van der Waals surface area contributed by atoms with E-state index < -0.39 is 0 Å². The molecule has 2 rings (SSSR count). The van der Waals surface area contributed by atoms with E-state index in [9.17, 15) is 9.59 Å². The number of ketones is 2. The van der Waals surface area contributed by atoms with E-state index in [1.54, 1.807) is 6.42 Å². The summed E-state index contributed by atoms with van der Waals surface area (Å²) in [6.45, 7) is 7.56. The van der Waals surface area contributed by atoms with Crippen LogP contribution in [0.4, 0.5) is 0 Å². The molecule has 2 aliphatic carbocycles. The van der Waals surface area contributed by atoms with Crippen molar-refractivity contribution in [3.8, 4) is 0 Å². The van der Waals surface area contributed by atoms with Gasteiger partial charge >= 0.3 is 0 Å². The smallest absolute Gasteiger partial charge is 0.133 e. The maximum Gasteiger partial charge on any atom is 0.133 e. The summed E-state index contributed by atoms with van der Waals surface area (Å²) >= 11 is 0. The van der Waals surface area contributed by atoms with Crippen LogP contribution < -0.4 is 0 Å². The number of hydrogen-bond acceptors (Lipinski definition) is 2. The van der Waals surface area contributed by atoms with Gasteiger partial charge in [-0.2, -0.15) is 0 Å². The zero-order chi connectivity index (χ0) is 12.0. The van der Waals surface area contributed by atoms with Crippen molar-refractivity contribution in [2.75, 3.05) is 0 Å². The first-order valence-electron chi connectivity index (χ1n) is 5.79. The second-order valence-corrected chi connectivity index (χ2v) is 4.41. The van der Waals surface area contributed by atoms with Crippen molar-refractivity contribution < 1.29 is 42.3 Å². The number of rotatable bonds is 0. The summed E-state index contributed by atoms with van der Waals surface area (Å²) in [5.74, 6) is 0.676. The predicted octanol–water partition coefficient (Wildman–Crippen LogP) is 3.18. The standard InChI is InChI=1S/C7H10O.C7H9O.Y/c2*1-6-2-4-7(8)5-3-6;/h1-5H2;4H,1-3,5H2;/q;-1;. The van der Waals surface area contributed by atoms with Crippen LogP contribution in [-0.4, -0.2) is 11.6 Å². The molecule has 0 heterocycles. The van der Waals surface area contributed by atoms with Gasteiger partial charge in [0.25, 0.3) is 0 Å². The molecule has 2 saturated carbocycles. The van der Waals surface area contributed by atoms with E-state index in [0.29, 0.717) is 12.2 Å². The van der Waals surface area contributed by atoms with Crippen molar-refractivity contribution in [3.63, 3.8) is 0 Å². The summed E-state index contributed by atoms with van der Waals surface area (Å²) in [6, 6.07) is 0. The van der Waals surface area contributed by atoms with Crippen LogP contribution in [0.1, 0.15) is 44.9 Å². The molecule has 0 saturated heterocycles. The number of hydrogen-bond donors (Lipinski definition) is 0. The zero-order valence-corrected chi connectivity index (χ0v) is 13.2. The van der Waals surface area contributed by atoms with Gasteiger partial charge in [-0.05, 0) is 31.5 Å². The van der Waals surface area contributed by atoms with Gasteiger partial charge in [-0.3, -0.25) is 4.79 Å². The van der Waals surface area contributed by atoms with Gasteiger partial charge in [-0.15, -0.1) is 18.6 Å². The molecule has 0 N–H and O–H groups in total. The van der Waals surface area contributed by atoms with Crippen molar-refractivity contribution in [1.29, 1.82) is 0 Å². The normalized spacial score (nSPS) is 19.8. The summed E-state index contributed by atoms with van der Waals surface area (Å²) in [7, 11) is 0. The van der Waals surface area contributed by atoms with Gasteiger partial charge in [-0.1, -0.05) is 12.2 Å². The molecular weight excluding hydrogens is 289 g/mol. The minimum atomic E-state index is 0. The number of allylic oxidation sites excluding steroid dienone is 2. The molecule has 0 aromatic rings. The minimum absolute atomic E-state index is 0. The Balaban J connectivity index is 0.000000284. The maximum atomic E-state index is 10.6. The summed E-state index contributed by atoms with van der Waals surface area (Å²) in [6.07, 6.45) is 7.42. The van der Waals surface area contributed by atoms with Crippen molar-refractivity contribution >= 4 is 11.6 Å². The first kappa shape index (κ1) is 16.8. The van der Waals surface area contributed by atoms with Crippen molar-refractivity contribution in [3.05, 3.63) is 30.7 Å². The molecule has 2 aliphatic rings. The quantitative estimate of drug-likeness (QED) is 0.509. The Morgan fingerprint density at radius 2 is 1.35 bits per heavy atom. The molecule has 0 bridgehead atoms. The molecule has 1 radical (unpaired) electrons. The first-order valence-corrected chi connectivity index (χ1v) is 5.79. The average molecular weight is 308 g/mol. The molecule has 2 fully saturated rings. The predicted molar refractivity (Wildman–Crippen MR) is 64.9 cm³/mol. The van der Waals surface area contributed by atoms with E-state index in [2.05, 4.69) is 13.2 Å². The Morgan fingerprint density at radius 3 is 1.71 bits per heavy atom. The zero-order valence-electron chi connectivity index (χ0n) is 10.3. The Bertz CT molecular complexity index is 230. The van der Waals surface area contributed by atoms with Crippen molar-refractivity contribution in [1.82, 2.24) is 0 Å². The Hall–Kier alpha value is -0.206. The molecule has 0 aromatic carbocycles. The van der Waals surface area contributed by atoms with Crippen LogP contribution in [0.2, 0.25) is 0 Å². The van der Waals surface area contributed by atoms with Gasteiger partial charge in [0.2, 0.25) is 0 Å². The Labute approximate surface area is 129 Å². The summed E-state index contributed by atoms with van der Waals surface area (Å²) in [5, 5.41) is 0. The fraction of sp³-hybridized carbons (Fsp3) is 0.500. The van der Waals surface area contributed by atoms with Crippen LogP contribution >= 0.6 is 0 Å². The van der Waals surface area contributed by atoms with E-state index >= 15 is 0 Å². The third-order valence-corrected chi connectivity index (χ3v) is 2.86. The largest absolute Gasteiger partial charge is 0.334 e. The molecule has 0 atom stereocenters. The van der Waals surface area contributed by atoms with Crippen LogP contribution in [0.5, 0.6) is 0 Å². The van der Waals surface area contributed by atoms with Crippen LogP contribution in [0.3, 0.4) is 0 Å². The van der Waals surface area contributed by atoms with Crippen LogP contribution in [0, 0.1) is 6.42 Å². The molecule has 17 heavy (non-hydrogen) atoms. The van der Waals surface area contributed by atoms with Crippen LogP contribution in [0.15, 0.2) is 24.3 Å². The Kier molecular flexibility index (Phi) is 8.72. The first-order chi connectivity index (χ1) is 7.58. The van der Waals surface area contributed by atoms with Gasteiger partial charge in [0.15, 0.2) is 0 Å². The second-order valence-electron chi connectivity index (χ2n) is 4.41. The van der Waals surface area contributed by atoms with Crippen LogP contribution in [-0.2, 0) is 42.3 Å². The van der Waals surface area contributed by atoms with E-state index in [0.717, 1.165) is 38.5 Å². The molecular formula is C14H19O2Y-. The summed E-state index contributed by atoms with van der Waals surface area (Å²) < 4.78 is 0. The summed E-state index contributed by atoms with van der Waals surface area (Å²) in [5.41, 5.74) is 2.43. The van der Waals surface area contributed by atoms with E-state index in [1.807, 2.05) is 0 Å². The Morgan fingerprint density at radius 1 is 0.824 bits per heavy atom. The third-order valence-electron chi connectivity index (χ3n) is 2.86. The molecule has 0 unspecified atom stereocenters. The fourth-order valence-electron chi connectivity index (χ4n) is 1.64. The topological polar surface area (TPSA) is 34.1 Å². The molecule has 91 valence electrons. The van der Waals surface area contributed by atoms with E-state index in [1.165, 1.54) is 11.1 Å². The van der Waals surface area contributed by atoms with Gasteiger partial charge in [0.05, 0.1) is 0 Å². The monoisotopic (exact) mass is 308 g/mol. The molecule has 2 nitrogen and oxygen atoms in total. The average Bonchev–Trinajstić information content (AvgIpc) is 2.28. The summed E-state index contributed by atoms with van der Waals surface area (Å²) in [4.78, 5) is 21.1. The molecule has 0 amide bonds. The van der Waals surface area contributed by atoms with Crippen LogP contribution in [0.25, 0.3) is 0 Å². The number of carbonyl (C=O) groups is 2. The van der Waals surface area contributed by atoms with Gasteiger partial charge in [0.1, 0.15) is 5.78 Å². The molecule has 3 heteroatoms. The van der Waals surface area contributed by atoms with Gasteiger partial charge in [0, 0.05) is 45.6 Å². The molecule has 0 spiro atoms.